The molecule has 28 atom stereocenters. The van der Waals surface area contributed by atoms with Crippen LogP contribution in [0.5, 0.6) is 0 Å². The molecule has 15 heterocycles. The van der Waals surface area contributed by atoms with E-state index in [0.717, 1.165) is 32.6 Å². The molecular formula is C76H110N23O39P5S3. The van der Waals surface area contributed by atoms with Crippen molar-refractivity contribution in [1.82, 2.24) is 87.2 Å². The van der Waals surface area contributed by atoms with E-state index in [9.17, 15) is 48.7 Å². The zero-order chi connectivity index (χ0) is 105. The number of nitrogens with one attached hydrogen (secondary N) is 2. The molecule has 0 bridgehead atoms. The van der Waals surface area contributed by atoms with Gasteiger partial charge in [0, 0.05) is 77.3 Å². The smallest absolute Gasteiger partial charge is 0.387 e. The van der Waals surface area contributed by atoms with E-state index >= 15 is 13.7 Å². The van der Waals surface area contributed by atoms with Crippen molar-refractivity contribution in [2.24, 2.45) is 0 Å². The van der Waals surface area contributed by atoms with E-state index in [1.165, 1.54) is 94.5 Å². The third-order valence-electron chi connectivity index (χ3n) is 23.7. The summed E-state index contributed by atoms with van der Waals surface area (Å²) >= 11 is 15.8. The summed E-state index contributed by atoms with van der Waals surface area (Å²) in [6, 6.07) is 0. The third kappa shape index (κ3) is 26.0. The van der Waals surface area contributed by atoms with E-state index in [2.05, 4.69) is 72.1 Å². The highest BCUT2D eigenvalue weighted by Crippen LogP contribution is 2.60. The number of hydrogen-bond acceptors (Lipinski definition) is 52. The lowest BCUT2D eigenvalue weighted by molar-refractivity contribution is -0.0834. The van der Waals surface area contributed by atoms with Gasteiger partial charge in [-0.15, -0.1) is 0 Å². The molecule has 62 nitrogen and oxygen atoms in total. The fraction of sp³-hybridized carbons (Fsp3) is 0.645. The standard InChI is InChI=1S/C76H110N23O39P5S3/c1-10-38-39(21-45(128-38)94-22-35(2)59(77)89-74(94)103)134-141(110,144)126-28-43-51(55(119-17-12-114-6)69(130-43)96-24-37(4)66(101)93-76(96)105)136-139(106,107)123-26-41-50(56(120-18-13-115-7)71(132-41)98-33-87-47-62(80)83-31-85-64(47)98)135-140(108,109)124-27-42-52(58(122-20-15-117-9)72(133-42)99-34-88-48-65(99)91-73(81)92-67(48)102)137-143(112,146)127-29-44-53(57(121-19-14-116-8)70(131-44)95-23-36(3)60(78)90-75(95)104)138-142(111,145)125-25-40-49(100)54(118-16-11-113-5)68(129-40)97-32-86-46-61(79)82-30-84-63(46)97/h22-24,30-34,38-45,49-58,68-72,100H,10-21,25-29H2,1-9H3,(H,106,107)(H,108,109)(H,110,144)(H,111,145)(H,112,146)(H2,77,89,103)(H2,78,90,104)(H2,79,82,84)(H2,80,83,85)(H,93,101,105)(H3,81,91,92,102)/t38-,39?,40-,41-,42-,43-,44-,45-,49?,50?,51?,52?,53?,54+,55+,56+,57+,58+,68-,69-,70-,71-,72-,141?,142?,143?/m1/s1. The minimum Gasteiger partial charge on any atom is -0.387 e. The molecule has 17 N–H and O–H groups in total. The molecule has 0 radical (unpaired) electrons. The number of thiol groups is 1. The number of phosphoric acid groups is 2. The molecule has 11 unspecified atom stereocenters. The molecule has 6 aliphatic rings. The number of fused-ring (bicyclic) bond motifs is 3. The quantitative estimate of drug-likeness (QED) is 0.0125. The number of hydrogen-bond donors (Lipinski definition) is 13. The van der Waals surface area contributed by atoms with E-state index < -0.39 is 244 Å². The van der Waals surface area contributed by atoms with E-state index in [0.29, 0.717) is 5.56 Å². The van der Waals surface area contributed by atoms with Gasteiger partial charge in [0.05, 0.1) is 130 Å². The molecule has 146 heavy (non-hydrogen) atoms. The Morgan fingerprint density at radius 3 is 1.27 bits per heavy atom. The van der Waals surface area contributed by atoms with Crippen molar-refractivity contribution in [3.05, 3.63) is 119 Å². The van der Waals surface area contributed by atoms with Crippen molar-refractivity contribution in [3.8, 4) is 0 Å². The number of rotatable bonds is 52. The Hall–Kier alpha value is -8.01. The molecule has 0 aromatic carbocycles. The Labute approximate surface area is 840 Å². The molecule has 0 saturated carbocycles. The zero-order valence-corrected chi connectivity index (χ0v) is 86.1. The number of anilines is 5. The number of aliphatic hydroxyl groups excluding tert-OH is 1. The largest absolute Gasteiger partial charge is 0.472 e. The molecular weight excluding hydrogens is 2110 g/mol. The number of imidazole rings is 3. The first-order valence-electron chi connectivity index (χ1n) is 44.6. The lowest BCUT2D eigenvalue weighted by atomic mass is 10.1. The highest BCUT2D eigenvalue weighted by Gasteiger charge is 2.59. The number of aliphatic hydroxyl groups is 1. The molecule has 6 aliphatic heterocycles. The normalized spacial score (nSPS) is 29.1. The van der Waals surface area contributed by atoms with Crippen molar-refractivity contribution in [2.75, 3.05) is 163 Å². The van der Waals surface area contributed by atoms with Crippen LogP contribution in [0, 0.1) is 20.8 Å². The van der Waals surface area contributed by atoms with Crippen LogP contribution in [0.1, 0.15) is 73.8 Å². The summed E-state index contributed by atoms with van der Waals surface area (Å²) in [6.45, 7) is -15.3. The minimum atomic E-state index is -5.93. The van der Waals surface area contributed by atoms with Crippen LogP contribution in [0.3, 0.4) is 0 Å². The van der Waals surface area contributed by atoms with Gasteiger partial charge >= 0.3 is 52.9 Å². The van der Waals surface area contributed by atoms with Gasteiger partial charge in [-0.05, 0) is 50.8 Å². The third-order valence-corrected chi connectivity index (χ3v) is 30.5. The lowest BCUT2D eigenvalue weighted by Gasteiger charge is -2.30. The second-order valence-corrected chi connectivity index (χ2v) is 44.7. The Kier molecular flexibility index (Phi) is 37.1. The van der Waals surface area contributed by atoms with Gasteiger partial charge in [0.2, 0.25) is 5.95 Å². The fourth-order valence-corrected chi connectivity index (χ4v) is 23.1. The number of H-pyrrole nitrogens is 2. The number of nitrogens with zero attached hydrogens (tertiary/aromatic N) is 16. The number of aromatic nitrogens is 18. The van der Waals surface area contributed by atoms with Gasteiger partial charge in [-0.25, -0.2) is 63.0 Å². The maximum Gasteiger partial charge on any atom is 0.472 e. The fourth-order valence-electron chi connectivity index (χ4n) is 16.8. The van der Waals surface area contributed by atoms with Crippen LogP contribution in [0.4, 0.5) is 29.2 Å². The van der Waals surface area contributed by atoms with Crippen LogP contribution in [0.15, 0.2) is 74.2 Å². The molecule has 6 fully saturated rings. The molecule has 9 aromatic heterocycles. The topological polar surface area (TPSA) is 798 Å². The molecule has 9 aromatic rings. The lowest BCUT2D eigenvalue weighted by Crippen LogP contribution is -2.41. The maximum absolute atomic E-state index is 15.7. The summed E-state index contributed by atoms with van der Waals surface area (Å²) in [7, 11) is -4.99. The molecule has 15 rings (SSSR count). The summed E-state index contributed by atoms with van der Waals surface area (Å²) in [5.74, 6) is -0.706. The molecule has 0 aliphatic carbocycles. The van der Waals surface area contributed by atoms with Crippen molar-refractivity contribution in [1.29, 1.82) is 0 Å². The van der Waals surface area contributed by atoms with Gasteiger partial charge in [-0.3, -0.25) is 78.6 Å². The number of nitrogens with two attached hydrogens (primary N) is 5. The molecule has 0 amide bonds. The van der Waals surface area contributed by atoms with Crippen LogP contribution in [-0.4, -0.2) is 350 Å². The minimum absolute atomic E-state index is 0.000429. The van der Waals surface area contributed by atoms with Crippen LogP contribution >= 0.6 is 48.1 Å². The second kappa shape index (κ2) is 48.3. The van der Waals surface area contributed by atoms with Crippen molar-refractivity contribution in [3.63, 3.8) is 0 Å². The van der Waals surface area contributed by atoms with Crippen LogP contribution < -0.4 is 56.9 Å². The van der Waals surface area contributed by atoms with E-state index in [1.54, 1.807) is 13.8 Å². The predicted molar refractivity (Wildman–Crippen MR) is 509 cm³/mol. The average molecular weight is 2220 g/mol. The highest BCUT2D eigenvalue weighted by atomic mass is 32.7. The molecule has 6 saturated heterocycles. The van der Waals surface area contributed by atoms with E-state index in [4.69, 9.17) is 173 Å². The first-order valence-corrected chi connectivity index (χ1v) is 55.5. The summed E-state index contributed by atoms with van der Waals surface area (Å²) in [6.07, 6.45) is -26.7. The Morgan fingerprint density at radius 2 is 0.795 bits per heavy atom. The summed E-state index contributed by atoms with van der Waals surface area (Å²) in [4.78, 5) is 163. The van der Waals surface area contributed by atoms with Crippen LogP contribution in [0.2, 0.25) is 0 Å². The maximum atomic E-state index is 15.7. The predicted octanol–water partition coefficient (Wildman–Crippen LogP) is -0.916. The van der Waals surface area contributed by atoms with Gasteiger partial charge in [0.15, 0.2) is 65.2 Å². The number of aromatic amines is 2. The van der Waals surface area contributed by atoms with Gasteiger partial charge < -0.3 is 143 Å². The van der Waals surface area contributed by atoms with Gasteiger partial charge in [0.25, 0.3) is 11.1 Å². The van der Waals surface area contributed by atoms with Crippen LogP contribution in [0.25, 0.3) is 33.5 Å². The number of nitrogen functional groups attached to an aromatic ring is 5. The number of phosphoric ester groups is 2. The van der Waals surface area contributed by atoms with Gasteiger partial charge in [0.1, 0.15) is 133 Å². The SMILES string of the molecule is CC[C@H]1O[C@@H](n2cc(C)c(N)nc2=O)CC1OP(O)(=S)OC[C@H]1O[C@@H](n2cc(C)c(=O)[nH]c2=O)[C@@H](OCCOC)C1OP(=O)(O)OC[C@H]1O[C@@H](n2cnc3c(N)ncnc32)[C@@H](OCCOC)C1OP(=O)(O)OC[C@H]1O[C@@H](n2cnc3c(=O)[nH]c(N)nc32)[C@@H](OCCOC)C1OP(=O)(S)OC[C@H]1O[C@@H](n2cc(C)c(N)nc2=O)[C@@H](OCCOC)C1OP(O)(=S)OC[C@H]1O[C@@H](n2cnc3c(N)ncnc32)[C@@H](OCCOC)C1O. The zero-order valence-electron chi connectivity index (χ0n) is 79.1. The second-order valence-electron chi connectivity index (χ2n) is 33.4. The van der Waals surface area contributed by atoms with E-state index in [-0.39, 0.29) is 147 Å². The summed E-state index contributed by atoms with van der Waals surface area (Å²) in [5.41, 5.74) is 26.6. The molecule has 806 valence electrons. The first-order chi connectivity index (χ1) is 69.6. The first kappa shape index (κ1) is 112. The van der Waals surface area contributed by atoms with Gasteiger partial charge in [-0.1, -0.05) is 19.2 Å². The molecule has 70 heteroatoms. The average Bonchev–Trinajstić information content (AvgIpc) is 1.62. The van der Waals surface area contributed by atoms with Crippen LogP contribution in [-0.2, 0) is 158 Å². The number of methoxy groups -OCH3 is 5. The monoisotopic (exact) mass is 2220 g/mol. The van der Waals surface area contributed by atoms with Crippen molar-refractivity contribution >= 4 is 134 Å². The Morgan fingerprint density at radius 1 is 0.411 bits per heavy atom. The Balaban J connectivity index is 0.725. The van der Waals surface area contributed by atoms with Gasteiger partial charge in [-0.2, -0.15) is 15.0 Å². The number of ether oxygens (including phenoxy) is 16. The Bertz CT molecular complexity index is 6640. The summed E-state index contributed by atoms with van der Waals surface area (Å²) in [5, 5.41) is 11.9. The molecule has 0 spiro atoms. The number of aryl methyl sites for hydroxylation is 3. The highest BCUT2D eigenvalue weighted by molar-refractivity contribution is 8.44. The van der Waals surface area contributed by atoms with Crippen molar-refractivity contribution in [2.45, 2.75) is 182 Å². The van der Waals surface area contributed by atoms with E-state index in [1.807, 2.05) is 0 Å². The van der Waals surface area contributed by atoms with Crippen molar-refractivity contribution < 1.29 is 159 Å². The summed E-state index contributed by atoms with van der Waals surface area (Å²) < 4.78 is 211.